The summed E-state index contributed by atoms with van der Waals surface area (Å²) >= 11 is 0. The van der Waals surface area contributed by atoms with Crippen LogP contribution in [0.5, 0.6) is 0 Å². The summed E-state index contributed by atoms with van der Waals surface area (Å²) in [5.74, 6) is -0.151. The van der Waals surface area contributed by atoms with E-state index < -0.39 is 6.09 Å². The average molecular weight is 295 g/mol. The van der Waals surface area contributed by atoms with Gasteiger partial charge in [-0.3, -0.25) is 10.1 Å². The zero-order valence-electron chi connectivity index (χ0n) is 12.3. The molecule has 2 aromatic carbocycles. The van der Waals surface area contributed by atoms with Crippen molar-refractivity contribution < 1.29 is 14.3 Å². The Hall–Kier alpha value is -2.88. The summed E-state index contributed by atoms with van der Waals surface area (Å²) in [5, 5.41) is 2.61. The molecule has 4 heteroatoms. The minimum atomic E-state index is -0.597. The topological polar surface area (TPSA) is 55.4 Å². The maximum Gasteiger partial charge on any atom is 0.411 e. The summed E-state index contributed by atoms with van der Waals surface area (Å²) in [6, 6.07) is 18.5. The van der Waals surface area contributed by atoms with Crippen LogP contribution in [0, 0.1) is 0 Å². The molecule has 0 aliphatic heterocycles. The lowest BCUT2D eigenvalue weighted by Gasteiger charge is -2.10. The second kappa shape index (κ2) is 7.78. The van der Waals surface area contributed by atoms with Crippen LogP contribution >= 0.6 is 0 Å². The van der Waals surface area contributed by atoms with Crippen LogP contribution in [-0.4, -0.2) is 11.9 Å². The summed E-state index contributed by atoms with van der Waals surface area (Å²) in [7, 11) is 0. The van der Waals surface area contributed by atoms with Gasteiger partial charge in [0.25, 0.3) is 0 Å². The number of amides is 1. The van der Waals surface area contributed by atoms with E-state index in [4.69, 9.17) is 4.74 Å². The van der Waals surface area contributed by atoms with Crippen molar-refractivity contribution in [1.29, 1.82) is 0 Å². The molecule has 0 bridgehead atoms. The summed E-state index contributed by atoms with van der Waals surface area (Å²) < 4.78 is 5.16. The Morgan fingerprint density at radius 2 is 1.59 bits per heavy atom. The second-order valence-corrected chi connectivity index (χ2v) is 4.72. The minimum absolute atomic E-state index is 0.151. The molecule has 2 aromatic rings. The van der Waals surface area contributed by atoms with Gasteiger partial charge < -0.3 is 4.74 Å². The Kier molecular flexibility index (Phi) is 5.49. The van der Waals surface area contributed by atoms with Crippen LogP contribution in [-0.2, 0) is 16.1 Å². The molecular formula is C18H17NO3. The number of carbonyl (C=O) groups excluding carboxylic acids is 2. The molecule has 0 atom stereocenters. The molecule has 0 fully saturated rings. The highest BCUT2D eigenvalue weighted by atomic mass is 16.5. The number of ether oxygens (including phenoxy) is 1. The van der Waals surface area contributed by atoms with Crippen LogP contribution in [0.15, 0.2) is 66.7 Å². The zero-order valence-corrected chi connectivity index (χ0v) is 12.3. The van der Waals surface area contributed by atoms with E-state index in [0.717, 1.165) is 11.1 Å². The van der Waals surface area contributed by atoms with E-state index in [1.807, 2.05) is 60.7 Å². The van der Waals surface area contributed by atoms with Crippen molar-refractivity contribution >= 4 is 17.6 Å². The van der Waals surface area contributed by atoms with Crippen molar-refractivity contribution in [3.05, 3.63) is 77.9 Å². The highest BCUT2D eigenvalue weighted by Gasteiger charge is 2.09. The molecule has 4 nitrogen and oxygen atoms in total. The van der Waals surface area contributed by atoms with Crippen molar-refractivity contribution in [2.45, 2.75) is 13.5 Å². The van der Waals surface area contributed by atoms with E-state index in [0.29, 0.717) is 5.70 Å². The SMILES string of the molecule is CC(=O)/C=C(\NC(=O)OCc1ccccc1)c1ccccc1. The highest BCUT2D eigenvalue weighted by molar-refractivity contribution is 5.97. The molecule has 0 unspecified atom stereocenters. The van der Waals surface area contributed by atoms with Gasteiger partial charge in [0.1, 0.15) is 6.61 Å². The van der Waals surface area contributed by atoms with Crippen molar-refractivity contribution in [2.75, 3.05) is 0 Å². The monoisotopic (exact) mass is 295 g/mol. The van der Waals surface area contributed by atoms with Crippen molar-refractivity contribution in [3.63, 3.8) is 0 Å². The van der Waals surface area contributed by atoms with E-state index >= 15 is 0 Å². The lowest BCUT2D eigenvalue weighted by Crippen LogP contribution is -2.23. The van der Waals surface area contributed by atoms with E-state index in [-0.39, 0.29) is 12.4 Å². The molecule has 1 amide bonds. The smallest absolute Gasteiger partial charge is 0.411 e. The summed E-state index contributed by atoms with van der Waals surface area (Å²) in [6.07, 6.45) is 0.777. The first-order valence-electron chi connectivity index (χ1n) is 6.90. The molecule has 0 saturated heterocycles. The minimum Gasteiger partial charge on any atom is -0.444 e. The molecule has 22 heavy (non-hydrogen) atoms. The average Bonchev–Trinajstić information content (AvgIpc) is 2.54. The van der Waals surface area contributed by atoms with Gasteiger partial charge in [-0.1, -0.05) is 60.7 Å². The number of hydrogen-bond acceptors (Lipinski definition) is 3. The lowest BCUT2D eigenvalue weighted by molar-refractivity contribution is -0.112. The Morgan fingerprint density at radius 1 is 1.00 bits per heavy atom. The third kappa shape index (κ3) is 4.90. The van der Waals surface area contributed by atoms with E-state index in [1.165, 1.54) is 13.0 Å². The number of allylic oxidation sites excluding steroid dienone is 1. The van der Waals surface area contributed by atoms with Gasteiger partial charge in [-0.25, -0.2) is 4.79 Å². The van der Waals surface area contributed by atoms with Gasteiger partial charge >= 0.3 is 6.09 Å². The Morgan fingerprint density at radius 3 is 2.18 bits per heavy atom. The predicted molar refractivity (Wildman–Crippen MR) is 84.9 cm³/mol. The molecule has 2 rings (SSSR count). The van der Waals surface area contributed by atoms with Gasteiger partial charge in [-0.05, 0) is 18.1 Å². The van der Waals surface area contributed by atoms with Gasteiger partial charge in [0, 0.05) is 6.08 Å². The van der Waals surface area contributed by atoms with Crippen LogP contribution in [0.25, 0.3) is 5.70 Å². The molecule has 1 N–H and O–H groups in total. The first-order chi connectivity index (χ1) is 10.6. The Balaban J connectivity index is 2.01. The van der Waals surface area contributed by atoms with Crippen LogP contribution in [0.2, 0.25) is 0 Å². The fourth-order valence-corrected chi connectivity index (χ4v) is 1.88. The normalized spacial score (nSPS) is 10.9. The number of alkyl carbamates (subject to hydrolysis) is 1. The van der Waals surface area contributed by atoms with Gasteiger partial charge in [-0.15, -0.1) is 0 Å². The fourth-order valence-electron chi connectivity index (χ4n) is 1.88. The first-order valence-corrected chi connectivity index (χ1v) is 6.90. The maximum absolute atomic E-state index is 11.9. The van der Waals surface area contributed by atoms with E-state index in [9.17, 15) is 9.59 Å². The molecule has 0 heterocycles. The van der Waals surface area contributed by atoms with Crippen LogP contribution in [0.3, 0.4) is 0 Å². The zero-order chi connectivity index (χ0) is 15.8. The fraction of sp³-hybridized carbons (Fsp3) is 0.111. The largest absolute Gasteiger partial charge is 0.444 e. The Labute approximate surface area is 129 Å². The molecule has 0 aliphatic carbocycles. The third-order valence-electron chi connectivity index (χ3n) is 2.88. The molecule has 0 aliphatic rings. The first kappa shape index (κ1) is 15.5. The quantitative estimate of drug-likeness (QED) is 0.858. The van der Waals surface area contributed by atoms with E-state index in [1.54, 1.807) is 0 Å². The number of nitrogens with one attached hydrogen (secondary N) is 1. The van der Waals surface area contributed by atoms with Crippen molar-refractivity contribution in [2.24, 2.45) is 0 Å². The van der Waals surface area contributed by atoms with Crippen LogP contribution in [0.4, 0.5) is 4.79 Å². The van der Waals surface area contributed by atoms with Crippen molar-refractivity contribution in [3.8, 4) is 0 Å². The number of benzene rings is 2. The second-order valence-electron chi connectivity index (χ2n) is 4.72. The molecular weight excluding hydrogens is 278 g/mol. The number of ketones is 1. The van der Waals surface area contributed by atoms with Gasteiger partial charge in [0.05, 0.1) is 5.70 Å². The molecule has 0 radical (unpaired) electrons. The number of hydrogen-bond donors (Lipinski definition) is 1. The molecule has 0 spiro atoms. The van der Waals surface area contributed by atoms with Crippen LogP contribution in [0.1, 0.15) is 18.1 Å². The maximum atomic E-state index is 11.9. The predicted octanol–water partition coefficient (Wildman–Crippen LogP) is 3.54. The van der Waals surface area contributed by atoms with Gasteiger partial charge in [0.2, 0.25) is 0 Å². The van der Waals surface area contributed by atoms with E-state index in [2.05, 4.69) is 5.32 Å². The Bertz CT molecular complexity index is 663. The summed E-state index contributed by atoms with van der Waals surface area (Å²) in [4.78, 5) is 23.2. The lowest BCUT2D eigenvalue weighted by atomic mass is 10.1. The summed E-state index contributed by atoms with van der Waals surface area (Å²) in [6.45, 7) is 1.61. The molecule has 0 saturated carbocycles. The van der Waals surface area contributed by atoms with Crippen LogP contribution < -0.4 is 5.32 Å². The molecule has 112 valence electrons. The van der Waals surface area contributed by atoms with Crippen molar-refractivity contribution in [1.82, 2.24) is 5.32 Å². The van der Waals surface area contributed by atoms with Gasteiger partial charge in [0.15, 0.2) is 5.78 Å². The number of carbonyl (C=O) groups is 2. The third-order valence-corrected chi connectivity index (χ3v) is 2.88. The van der Waals surface area contributed by atoms with Gasteiger partial charge in [-0.2, -0.15) is 0 Å². The standard InChI is InChI=1S/C18H17NO3/c1-14(20)12-17(16-10-6-3-7-11-16)19-18(21)22-13-15-8-4-2-5-9-15/h2-12H,13H2,1H3,(H,19,21)/b17-12-. The summed E-state index contributed by atoms with van der Waals surface area (Å²) in [5.41, 5.74) is 2.06. The molecule has 0 aromatic heterocycles. The number of rotatable bonds is 5. The highest BCUT2D eigenvalue weighted by Crippen LogP contribution is 2.11.